The maximum atomic E-state index is 12.5. The minimum absolute atomic E-state index is 0.0142. The highest BCUT2D eigenvalue weighted by atomic mass is 16.5. The molecule has 0 radical (unpaired) electrons. The normalized spacial score (nSPS) is 12.6. The summed E-state index contributed by atoms with van der Waals surface area (Å²) in [7, 11) is 2.61. The Morgan fingerprint density at radius 3 is 2.48 bits per heavy atom. The van der Waals surface area contributed by atoms with E-state index in [0.717, 1.165) is 10.6 Å². The van der Waals surface area contributed by atoms with Crippen molar-refractivity contribution in [2.24, 2.45) is 0 Å². The number of amides is 2. The first kappa shape index (κ1) is 16.2. The highest BCUT2D eigenvalue weighted by molar-refractivity contribution is 6.23. The van der Waals surface area contributed by atoms with Crippen LogP contribution in [-0.2, 0) is 4.74 Å². The van der Waals surface area contributed by atoms with Crippen molar-refractivity contribution in [1.29, 1.82) is 0 Å². The van der Waals surface area contributed by atoms with E-state index in [1.807, 2.05) is 0 Å². The van der Waals surface area contributed by atoms with Gasteiger partial charge < -0.3 is 15.2 Å². The second-order valence-corrected chi connectivity index (χ2v) is 5.15. The highest BCUT2D eigenvalue weighted by Gasteiger charge is 2.32. The van der Waals surface area contributed by atoms with Gasteiger partial charge >= 0.3 is 5.97 Å². The summed E-state index contributed by atoms with van der Waals surface area (Å²) in [6.45, 7) is 0. The molecule has 25 heavy (non-hydrogen) atoms. The first-order valence-electron chi connectivity index (χ1n) is 7.07. The summed E-state index contributed by atoms with van der Waals surface area (Å²) in [5, 5.41) is 2.07. The molecular weight excluding hydrogens is 330 g/mol. The molecule has 2 amide bonds. The molecule has 0 saturated carbocycles. The van der Waals surface area contributed by atoms with Crippen molar-refractivity contribution < 1.29 is 23.9 Å². The van der Waals surface area contributed by atoms with Crippen LogP contribution in [0, 0.1) is 0 Å². The molecule has 0 aliphatic carbocycles. The molecule has 128 valence electrons. The zero-order valence-electron chi connectivity index (χ0n) is 13.3. The van der Waals surface area contributed by atoms with Crippen molar-refractivity contribution in [2.75, 3.05) is 20.0 Å². The highest BCUT2D eigenvalue weighted by Crippen LogP contribution is 2.27. The molecule has 2 heterocycles. The molecule has 0 atom stereocenters. The summed E-state index contributed by atoms with van der Waals surface area (Å²) in [6.07, 6.45) is 0. The number of aromatic nitrogens is 1. The Morgan fingerprint density at radius 1 is 1.12 bits per heavy atom. The summed E-state index contributed by atoms with van der Waals surface area (Å²) < 4.78 is 10.8. The number of ether oxygens (including phenoxy) is 2. The molecule has 3 N–H and O–H groups in total. The van der Waals surface area contributed by atoms with Gasteiger partial charge in [0.1, 0.15) is 11.6 Å². The standard InChI is InChI=1S/C16H13N3O6/c1-24-7-3-4-10(8(5-7)16(23)25-2)19-11(20)6-9-12(13(19)17)15(22)18-14(9)21/h3-6H,17H2,1-2H3,(H,18,21,22). The molecule has 0 saturated heterocycles. The number of carbonyl (C=O) groups excluding carboxylic acids is 3. The molecule has 9 heteroatoms. The van der Waals surface area contributed by atoms with E-state index in [-0.39, 0.29) is 28.2 Å². The Balaban J connectivity index is 2.34. The van der Waals surface area contributed by atoms with Gasteiger partial charge in [0.2, 0.25) is 0 Å². The van der Waals surface area contributed by atoms with Crippen LogP contribution in [0.5, 0.6) is 5.75 Å². The summed E-state index contributed by atoms with van der Waals surface area (Å²) in [5.41, 5.74) is 5.20. The van der Waals surface area contributed by atoms with Gasteiger partial charge in [-0.25, -0.2) is 4.79 Å². The number of fused-ring (bicyclic) bond motifs is 1. The van der Waals surface area contributed by atoms with Gasteiger partial charge in [-0.05, 0) is 18.2 Å². The summed E-state index contributed by atoms with van der Waals surface area (Å²) in [4.78, 5) is 48.2. The SMILES string of the molecule is COC(=O)c1cc(OC)ccc1-n1c(N)c2c(cc1=O)C(=O)NC2=O. The molecule has 0 unspecified atom stereocenters. The van der Waals surface area contributed by atoms with Crippen LogP contribution >= 0.6 is 0 Å². The molecule has 9 nitrogen and oxygen atoms in total. The Labute approximate surface area is 140 Å². The fourth-order valence-corrected chi connectivity index (χ4v) is 2.64. The lowest BCUT2D eigenvalue weighted by Crippen LogP contribution is -2.25. The van der Waals surface area contributed by atoms with Crippen molar-refractivity contribution in [3.8, 4) is 11.4 Å². The number of pyridine rings is 1. The second kappa shape index (κ2) is 5.78. The molecule has 1 aliphatic rings. The van der Waals surface area contributed by atoms with Crippen molar-refractivity contribution in [3.63, 3.8) is 0 Å². The van der Waals surface area contributed by atoms with E-state index in [4.69, 9.17) is 15.2 Å². The number of hydrogen-bond donors (Lipinski definition) is 2. The molecule has 0 fully saturated rings. The molecule has 0 spiro atoms. The molecule has 1 aliphatic heterocycles. The number of nitrogen functional groups attached to an aromatic ring is 1. The lowest BCUT2D eigenvalue weighted by atomic mass is 10.1. The number of rotatable bonds is 3. The van der Waals surface area contributed by atoms with Crippen LogP contribution in [0.1, 0.15) is 31.1 Å². The molecule has 1 aromatic carbocycles. The van der Waals surface area contributed by atoms with Gasteiger partial charge in [-0.2, -0.15) is 0 Å². The zero-order chi connectivity index (χ0) is 18.3. The summed E-state index contributed by atoms with van der Waals surface area (Å²) in [6, 6.07) is 5.33. The molecule has 1 aromatic heterocycles. The Hall–Kier alpha value is -3.62. The first-order chi connectivity index (χ1) is 11.9. The van der Waals surface area contributed by atoms with Gasteiger partial charge in [-0.15, -0.1) is 0 Å². The van der Waals surface area contributed by atoms with Crippen LogP contribution in [0.2, 0.25) is 0 Å². The monoisotopic (exact) mass is 343 g/mol. The number of methoxy groups -OCH3 is 2. The van der Waals surface area contributed by atoms with Gasteiger partial charge in [0.25, 0.3) is 17.4 Å². The predicted octanol–water partition coefficient (Wildman–Crippen LogP) is 0.0985. The fraction of sp³-hybridized carbons (Fsp3) is 0.125. The average Bonchev–Trinajstić information content (AvgIpc) is 2.88. The van der Waals surface area contributed by atoms with E-state index in [1.165, 1.54) is 32.4 Å². The zero-order valence-corrected chi connectivity index (χ0v) is 13.3. The average molecular weight is 343 g/mol. The van der Waals surface area contributed by atoms with E-state index < -0.39 is 23.3 Å². The van der Waals surface area contributed by atoms with Crippen LogP contribution in [0.25, 0.3) is 5.69 Å². The predicted molar refractivity (Wildman–Crippen MR) is 86.1 cm³/mol. The maximum Gasteiger partial charge on any atom is 0.340 e. The van der Waals surface area contributed by atoms with E-state index >= 15 is 0 Å². The van der Waals surface area contributed by atoms with Crippen LogP contribution < -0.4 is 21.3 Å². The quantitative estimate of drug-likeness (QED) is 0.597. The summed E-state index contributed by atoms with van der Waals surface area (Å²) in [5.74, 6) is -2.01. The topological polar surface area (TPSA) is 130 Å². The van der Waals surface area contributed by atoms with Crippen molar-refractivity contribution >= 4 is 23.6 Å². The van der Waals surface area contributed by atoms with E-state index in [2.05, 4.69) is 5.32 Å². The van der Waals surface area contributed by atoms with Crippen LogP contribution in [0.3, 0.4) is 0 Å². The lowest BCUT2D eigenvalue weighted by Gasteiger charge is -2.15. The van der Waals surface area contributed by atoms with Crippen molar-refractivity contribution in [2.45, 2.75) is 0 Å². The third kappa shape index (κ3) is 2.42. The van der Waals surface area contributed by atoms with Gasteiger partial charge in [0.15, 0.2) is 0 Å². The third-order valence-corrected chi connectivity index (χ3v) is 3.80. The molecule has 3 rings (SSSR count). The Bertz CT molecular complexity index is 992. The van der Waals surface area contributed by atoms with Crippen LogP contribution in [-0.4, -0.2) is 36.6 Å². The number of nitrogens with zero attached hydrogens (tertiary/aromatic N) is 1. The molecular formula is C16H13N3O6. The number of anilines is 1. The van der Waals surface area contributed by atoms with Gasteiger partial charge in [0.05, 0.1) is 36.6 Å². The number of nitrogens with two attached hydrogens (primary N) is 1. The Morgan fingerprint density at radius 2 is 1.84 bits per heavy atom. The number of nitrogens with one attached hydrogen (secondary N) is 1. The fourth-order valence-electron chi connectivity index (χ4n) is 2.64. The van der Waals surface area contributed by atoms with Crippen LogP contribution in [0.15, 0.2) is 29.1 Å². The third-order valence-electron chi connectivity index (χ3n) is 3.80. The maximum absolute atomic E-state index is 12.5. The van der Waals surface area contributed by atoms with Gasteiger partial charge in [-0.3, -0.25) is 24.3 Å². The Kier molecular flexibility index (Phi) is 3.76. The minimum Gasteiger partial charge on any atom is -0.497 e. The number of benzene rings is 1. The number of imide groups is 1. The summed E-state index contributed by atoms with van der Waals surface area (Å²) >= 11 is 0. The molecule has 2 aromatic rings. The largest absolute Gasteiger partial charge is 0.497 e. The van der Waals surface area contributed by atoms with E-state index in [9.17, 15) is 19.2 Å². The number of hydrogen-bond acceptors (Lipinski definition) is 7. The lowest BCUT2D eigenvalue weighted by molar-refractivity contribution is 0.0600. The van der Waals surface area contributed by atoms with Gasteiger partial charge in [0, 0.05) is 6.07 Å². The number of carbonyl (C=O) groups is 3. The van der Waals surface area contributed by atoms with Gasteiger partial charge in [-0.1, -0.05) is 0 Å². The number of esters is 1. The van der Waals surface area contributed by atoms with E-state index in [1.54, 1.807) is 0 Å². The van der Waals surface area contributed by atoms with Crippen LogP contribution in [0.4, 0.5) is 5.82 Å². The van der Waals surface area contributed by atoms with Crippen molar-refractivity contribution in [3.05, 3.63) is 51.3 Å². The first-order valence-corrected chi connectivity index (χ1v) is 7.07. The second-order valence-electron chi connectivity index (χ2n) is 5.15. The minimum atomic E-state index is -0.721. The smallest absolute Gasteiger partial charge is 0.340 e. The van der Waals surface area contributed by atoms with Crippen molar-refractivity contribution in [1.82, 2.24) is 9.88 Å². The molecule has 0 bridgehead atoms. The van der Waals surface area contributed by atoms with E-state index in [0.29, 0.717) is 5.75 Å².